The zero-order valence-electron chi connectivity index (χ0n) is 17.3. The van der Waals surface area contributed by atoms with Crippen molar-refractivity contribution in [2.75, 3.05) is 11.9 Å². The molecule has 0 saturated heterocycles. The van der Waals surface area contributed by atoms with E-state index in [1.807, 2.05) is 48.8 Å². The molecule has 3 aromatic heterocycles. The Labute approximate surface area is 179 Å². The summed E-state index contributed by atoms with van der Waals surface area (Å²) in [4.78, 5) is 6.64. The Kier molecular flexibility index (Phi) is 4.87. The molecule has 8 heteroatoms. The SMILES string of the molecule is Cc1cc(N(C)c2ccc(C(Cc3ccccc3)c3nn[nH]n3)cc2)n2nccc2n1. The summed E-state index contributed by atoms with van der Waals surface area (Å²) in [5, 5.41) is 19.3. The number of anilines is 2. The first-order valence-electron chi connectivity index (χ1n) is 10.1. The molecule has 31 heavy (non-hydrogen) atoms. The fraction of sp³-hybridized carbons (Fsp3) is 0.174. The Morgan fingerprint density at radius 1 is 1.03 bits per heavy atom. The summed E-state index contributed by atoms with van der Waals surface area (Å²) in [6, 6.07) is 22.8. The van der Waals surface area contributed by atoms with E-state index in [0.29, 0.717) is 5.82 Å². The first-order chi connectivity index (χ1) is 15.2. The van der Waals surface area contributed by atoms with Gasteiger partial charge in [-0.15, -0.1) is 10.2 Å². The van der Waals surface area contributed by atoms with Crippen LogP contribution in [-0.2, 0) is 6.42 Å². The number of tetrazole rings is 1. The number of hydrogen-bond acceptors (Lipinski definition) is 6. The molecule has 0 saturated carbocycles. The van der Waals surface area contributed by atoms with Crippen molar-refractivity contribution in [3.63, 3.8) is 0 Å². The van der Waals surface area contributed by atoms with Crippen LogP contribution in [0.2, 0.25) is 0 Å². The molecule has 0 aliphatic carbocycles. The lowest BCUT2D eigenvalue weighted by Crippen LogP contribution is -2.15. The molecule has 1 unspecified atom stereocenters. The van der Waals surface area contributed by atoms with E-state index in [-0.39, 0.29) is 5.92 Å². The van der Waals surface area contributed by atoms with Crippen molar-refractivity contribution in [3.8, 4) is 0 Å². The number of rotatable bonds is 6. The molecule has 5 rings (SSSR count). The smallest absolute Gasteiger partial charge is 0.182 e. The van der Waals surface area contributed by atoms with E-state index in [0.717, 1.165) is 34.8 Å². The number of H-pyrrole nitrogens is 1. The normalized spacial score (nSPS) is 12.2. The van der Waals surface area contributed by atoms with Crippen LogP contribution in [0.25, 0.3) is 5.65 Å². The van der Waals surface area contributed by atoms with Crippen LogP contribution < -0.4 is 4.90 Å². The van der Waals surface area contributed by atoms with Crippen molar-refractivity contribution >= 4 is 17.2 Å². The molecule has 0 radical (unpaired) electrons. The molecule has 8 nitrogen and oxygen atoms in total. The number of nitrogens with one attached hydrogen (secondary N) is 1. The average molecular weight is 410 g/mol. The lowest BCUT2D eigenvalue weighted by atomic mass is 9.91. The molecule has 1 N–H and O–H groups in total. The fourth-order valence-corrected chi connectivity index (χ4v) is 3.85. The van der Waals surface area contributed by atoms with Crippen LogP contribution in [0.4, 0.5) is 11.5 Å². The van der Waals surface area contributed by atoms with Crippen LogP contribution >= 0.6 is 0 Å². The first kappa shape index (κ1) is 18.9. The number of aryl methyl sites for hydroxylation is 1. The Balaban J connectivity index is 1.47. The monoisotopic (exact) mass is 410 g/mol. The number of benzene rings is 2. The molecule has 3 heterocycles. The van der Waals surface area contributed by atoms with Crippen LogP contribution in [-0.4, -0.2) is 42.3 Å². The minimum absolute atomic E-state index is 0.0153. The minimum atomic E-state index is 0.0153. The van der Waals surface area contributed by atoms with Gasteiger partial charge in [0.25, 0.3) is 0 Å². The quantitative estimate of drug-likeness (QED) is 0.459. The van der Waals surface area contributed by atoms with Gasteiger partial charge in [-0.05, 0) is 36.6 Å². The summed E-state index contributed by atoms with van der Waals surface area (Å²) in [6.07, 6.45) is 2.56. The van der Waals surface area contributed by atoms with Gasteiger partial charge in [-0.3, -0.25) is 0 Å². The zero-order chi connectivity index (χ0) is 21.2. The zero-order valence-corrected chi connectivity index (χ0v) is 17.3. The lowest BCUT2D eigenvalue weighted by molar-refractivity contribution is 0.740. The van der Waals surface area contributed by atoms with Gasteiger partial charge in [0.15, 0.2) is 11.5 Å². The Morgan fingerprint density at radius 3 is 2.58 bits per heavy atom. The van der Waals surface area contributed by atoms with Crippen molar-refractivity contribution in [1.82, 2.24) is 35.2 Å². The standard InChI is InChI=1S/C23H22N8/c1-16-14-22(31-21(25-16)12-13-24-31)30(2)19-10-8-18(9-11-19)20(23-26-28-29-27-23)15-17-6-4-3-5-7-17/h3-14,20H,15H2,1-2H3,(H,26,27,28,29). The van der Waals surface area contributed by atoms with Crippen LogP contribution in [0, 0.1) is 6.92 Å². The van der Waals surface area contributed by atoms with Crippen molar-refractivity contribution in [2.24, 2.45) is 0 Å². The summed E-state index contributed by atoms with van der Waals surface area (Å²) < 4.78 is 1.85. The lowest BCUT2D eigenvalue weighted by Gasteiger charge is -2.22. The Morgan fingerprint density at radius 2 is 1.84 bits per heavy atom. The van der Waals surface area contributed by atoms with E-state index in [4.69, 9.17) is 0 Å². The highest BCUT2D eigenvalue weighted by Crippen LogP contribution is 2.30. The fourth-order valence-electron chi connectivity index (χ4n) is 3.85. The van der Waals surface area contributed by atoms with E-state index in [2.05, 4.69) is 72.0 Å². The molecular formula is C23H22N8. The number of aromatic amines is 1. The van der Waals surface area contributed by atoms with Crippen molar-refractivity contribution in [1.29, 1.82) is 0 Å². The maximum Gasteiger partial charge on any atom is 0.182 e. The Bertz CT molecular complexity index is 1280. The molecule has 2 aromatic carbocycles. The average Bonchev–Trinajstić information content (AvgIpc) is 3.49. The molecule has 0 aliphatic rings. The maximum atomic E-state index is 4.53. The number of fused-ring (bicyclic) bond motifs is 1. The van der Waals surface area contributed by atoms with Gasteiger partial charge in [-0.25, -0.2) is 4.98 Å². The highest BCUT2D eigenvalue weighted by molar-refractivity contribution is 5.62. The molecule has 0 amide bonds. The van der Waals surface area contributed by atoms with E-state index >= 15 is 0 Å². The third-order valence-electron chi connectivity index (χ3n) is 5.45. The van der Waals surface area contributed by atoms with E-state index < -0.39 is 0 Å². The minimum Gasteiger partial charge on any atom is -0.329 e. The predicted molar refractivity (Wildman–Crippen MR) is 118 cm³/mol. The van der Waals surface area contributed by atoms with Crippen LogP contribution in [0.5, 0.6) is 0 Å². The second-order valence-corrected chi connectivity index (χ2v) is 7.52. The second-order valence-electron chi connectivity index (χ2n) is 7.52. The van der Waals surface area contributed by atoms with Gasteiger partial charge in [0.05, 0.1) is 12.1 Å². The van der Waals surface area contributed by atoms with Gasteiger partial charge < -0.3 is 4.90 Å². The second kappa shape index (κ2) is 7.98. The molecular weight excluding hydrogens is 388 g/mol. The van der Waals surface area contributed by atoms with Crippen LogP contribution in [0.15, 0.2) is 72.9 Å². The highest BCUT2D eigenvalue weighted by atomic mass is 15.5. The largest absolute Gasteiger partial charge is 0.329 e. The summed E-state index contributed by atoms with van der Waals surface area (Å²) in [5.41, 5.74) is 5.20. The van der Waals surface area contributed by atoms with Crippen molar-refractivity contribution in [3.05, 3.63) is 95.6 Å². The van der Waals surface area contributed by atoms with E-state index in [9.17, 15) is 0 Å². The third kappa shape index (κ3) is 3.75. The summed E-state index contributed by atoms with van der Waals surface area (Å²) in [7, 11) is 2.03. The van der Waals surface area contributed by atoms with Gasteiger partial charge in [-0.1, -0.05) is 47.7 Å². The molecule has 1 atom stereocenters. The number of aromatic nitrogens is 7. The van der Waals surface area contributed by atoms with Gasteiger partial charge in [0, 0.05) is 30.6 Å². The molecule has 5 aromatic rings. The summed E-state index contributed by atoms with van der Waals surface area (Å²) >= 11 is 0. The van der Waals surface area contributed by atoms with Gasteiger partial charge in [0.2, 0.25) is 0 Å². The molecule has 0 fully saturated rings. The third-order valence-corrected chi connectivity index (χ3v) is 5.45. The van der Waals surface area contributed by atoms with Crippen molar-refractivity contribution in [2.45, 2.75) is 19.3 Å². The van der Waals surface area contributed by atoms with E-state index in [1.54, 1.807) is 6.20 Å². The highest BCUT2D eigenvalue weighted by Gasteiger charge is 2.20. The summed E-state index contributed by atoms with van der Waals surface area (Å²) in [6.45, 7) is 1.99. The number of nitrogens with zero attached hydrogens (tertiary/aromatic N) is 7. The number of hydrogen-bond donors (Lipinski definition) is 1. The Hall–Kier alpha value is -4.07. The van der Waals surface area contributed by atoms with Gasteiger partial charge >= 0.3 is 0 Å². The molecule has 0 spiro atoms. The topological polar surface area (TPSA) is 87.9 Å². The first-order valence-corrected chi connectivity index (χ1v) is 10.1. The van der Waals surface area contributed by atoms with Gasteiger partial charge in [-0.2, -0.15) is 14.8 Å². The molecule has 0 bridgehead atoms. The van der Waals surface area contributed by atoms with Crippen molar-refractivity contribution < 1.29 is 0 Å². The van der Waals surface area contributed by atoms with Crippen LogP contribution in [0.1, 0.15) is 28.6 Å². The molecule has 0 aliphatic heterocycles. The predicted octanol–water partition coefficient (Wildman–Crippen LogP) is 3.69. The van der Waals surface area contributed by atoms with E-state index in [1.165, 1.54) is 5.56 Å². The summed E-state index contributed by atoms with van der Waals surface area (Å²) in [5.74, 6) is 1.66. The van der Waals surface area contributed by atoms with Gasteiger partial charge in [0.1, 0.15) is 5.82 Å². The van der Waals surface area contributed by atoms with Crippen LogP contribution in [0.3, 0.4) is 0 Å². The molecule has 154 valence electrons. The maximum absolute atomic E-state index is 4.53.